The molecule has 2 rings (SSSR count). The van der Waals surface area contributed by atoms with Gasteiger partial charge in [-0.3, -0.25) is 0 Å². The maximum atomic E-state index is 6.14. The van der Waals surface area contributed by atoms with E-state index in [2.05, 4.69) is 17.2 Å². The molecule has 0 aliphatic rings. The molecule has 0 saturated carbocycles. The van der Waals surface area contributed by atoms with Gasteiger partial charge in [0.05, 0.1) is 10.7 Å². The van der Waals surface area contributed by atoms with Crippen molar-refractivity contribution in [2.45, 2.75) is 20.4 Å². The van der Waals surface area contributed by atoms with Gasteiger partial charge in [0.25, 0.3) is 0 Å². The predicted octanol–water partition coefficient (Wildman–Crippen LogP) is 3.61. The third-order valence-electron chi connectivity index (χ3n) is 2.43. The summed E-state index contributed by atoms with van der Waals surface area (Å²) in [6.45, 7) is 4.97. The zero-order valence-corrected chi connectivity index (χ0v) is 10.1. The van der Waals surface area contributed by atoms with E-state index in [1.807, 2.05) is 35.9 Å². The first kappa shape index (κ1) is 11.0. The summed E-state index contributed by atoms with van der Waals surface area (Å²) in [7, 11) is 0. The Morgan fingerprint density at radius 2 is 2.25 bits per heavy atom. The normalized spacial score (nSPS) is 10.4. The topological polar surface area (TPSA) is 29.9 Å². The van der Waals surface area contributed by atoms with Crippen LogP contribution in [-0.4, -0.2) is 9.55 Å². The molecule has 1 aromatic heterocycles. The number of nitrogens with one attached hydrogen (secondary N) is 1. The summed E-state index contributed by atoms with van der Waals surface area (Å²) in [6, 6.07) is 5.92. The standard InChI is InChI=1S/C12H14ClN3/c1-3-16-7-6-14-12(16)15-11-5-4-9(2)8-10(11)13/h4-8H,3H2,1-2H3,(H,14,15). The quantitative estimate of drug-likeness (QED) is 0.881. The van der Waals surface area contributed by atoms with Gasteiger partial charge in [-0.05, 0) is 31.5 Å². The zero-order valence-electron chi connectivity index (χ0n) is 9.37. The Morgan fingerprint density at radius 3 is 2.94 bits per heavy atom. The molecular weight excluding hydrogens is 222 g/mol. The van der Waals surface area contributed by atoms with Crippen molar-refractivity contribution >= 4 is 23.2 Å². The Kier molecular flexibility index (Phi) is 3.15. The summed E-state index contributed by atoms with van der Waals surface area (Å²) < 4.78 is 2.02. The smallest absolute Gasteiger partial charge is 0.207 e. The largest absolute Gasteiger partial charge is 0.324 e. The summed E-state index contributed by atoms with van der Waals surface area (Å²) in [6.07, 6.45) is 3.71. The minimum Gasteiger partial charge on any atom is -0.324 e. The van der Waals surface area contributed by atoms with Crippen LogP contribution in [0.15, 0.2) is 30.6 Å². The Bertz CT molecular complexity index is 491. The van der Waals surface area contributed by atoms with E-state index in [-0.39, 0.29) is 0 Å². The lowest BCUT2D eigenvalue weighted by atomic mass is 10.2. The molecule has 0 aliphatic carbocycles. The van der Waals surface area contributed by atoms with Crippen LogP contribution in [0, 0.1) is 6.92 Å². The van der Waals surface area contributed by atoms with Crippen molar-refractivity contribution in [2.24, 2.45) is 0 Å². The number of aromatic nitrogens is 2. The van der Waals surface area contributed by atoms with Gasteiger partial charge in [-0.1, -0.05) is 17.7 Å². The van der Waals surface area contributed by atoms with Gasteiger partial charge in [0.15, 0.2) is 0 Å². The summed E-state index contributed by atoms with van der Waals surface area (Å²) in [5, 5.41) is 3.93. The van der Waals surface area contributed by atoms with Gasteiger partial charge in [0.1, 0.15) is 0 Å². The number of anilines is 2. The highest BCUT2D eigenvalue weighted by Gasteiger charge is 2.04. The number of benzene rings is 1. The van der Waals surface area contributed by atoms with Crippen molar-refractivity contribution in [3.05, 3.63) is 41.2 Å². The molecule has 1 heterocycles. The Labute approximate surface area is 100 Å². The molecule has 0 spiro atoms. The summed E-state index contributed by atoms with van der Waals surface area (Å²) in [5.74, 6) is 0.813. The lowest BCUT2D eigenvalue weighted by molar-refractivity contribution is 0.772. The fourth-order valence-electron chi connectivity index (χ4n) is 1.53. The third kappa shape index (κ3) is 2.19. The van der Waals surface area contributed by atoms with Crippen LogP contribution in [0.2, 0.25) is 5.02 Å². The van der Waals surface area contributed by atoms with Gasteiger partial charge in [0, 0.05) is 18.9 Å². The number of hydrogen-bond donors (Lipinski definition) is 1. The molecule has 2 aromatic rings. The number of rotatable bonds is 3. The van der Waals surface area contributed by atoms with Crippen LogP contribution in [0.1, 0.15) is 12.5 Å². The fourth-order valence-corrected chi connectivity index (χ4v) is 1.81. The second-order valence-electron chi connectivity index (χ2n) is 3.65. The van der Waals surface area contributed by atoms with E-state index in [9.17, 15) is 0 Å². The highest BCUT2D eigenvalue weighted by Crippen LogP contribution is 2.25. The van der Waals surface area contributed by atoms with Crippen LogP contribution in [-0.2, 0) is 6.54 Å². The average molecular weight is 236 g/mol. The van der Waals surface area contributed by atoms with E-state index >= 15 is 0 Å². The summed E-state index contributed by atoms with van der Waals surface area (Å²) >= 11 is 6.14. The molecule has 0 radical (unpaired) electrons. The Hall–Kier alpha value is -1.48. The van der Waals surface area contributed by atoms with Gasteiger partial charge < -0.3 is 9.88 Å². The molecule has 1 N–H and O–H groups in total. The van der Waals surface area contributed by atoms with Crippen LogP contribution < -0.4 is 5.32 Å². The first-order valence-corrected chi connectivity index (χ1v) is 5.63. The summed E-state index contributed by atoms with van der Waals surface area (Å²) in [5.41, 5.74) is 2.03. The molecule has 16 heavy (non-hydrogen) atoms. The van der Waals surface area contributed by atoms with Crippen LogP contribution in [0.25, 0.3) is 0 Å². The highest BCUT2D eigenvalue weighted by atomic mass is 35.5. The van der Waals surface area contributed by atoms with Crippen LogP contribution in [0.3, 0.4) is 0 Å². The van der Waals surface area contributed by atoms with Crippen LogP contribution in [0.4, 0.5) is 11.6 Å². The fraction of sp³-hybridized carbons (Fsp3) is 0.250. The van der Waals surface area contributed by atoms with Crippen molar-refractivity contribution in [1.29, 1.82) is 0 Å². The molecule has 0 unspecified atom stereocenters. The predicted molar refractivity (Wildman–Crippen MR) is 67.4 cm³/mol. The van der Waals surface area contributed by atoms with Gasteiger partial charge in [-0.2, -0.15) is 0 Å². The van der Waals surface area contributed by atoms with Crippen molar-refractivity contribution < 1.29 is 0 Å². The molecule has 1 aromatic carbocycles. The van der Waals surface area contributed by atoms with Gasteiger partial charge >= 0.3 is 0 Å². The summed E-state index contributed by atoms with van der Waals surface area (Å²) in [4.78, 5) is 4.24. The van der Waals surface area contributed by atoms with Crippen molar-refractivity contribution in [3.63, 3.8) is 0 Å². The third-order valence-corrected chi connectivity index (χ3v) is 2.74. The van der Waals surface area contributed by atoms with E-state index in [0.29, 0.717) is 5.02 Å². The molecule has 4 heteroatoms. The maximum Gasteiger partial charge on any atom is 0.207 e. The number of aryl methyl sites for hydroxylation is 2. The first-order valence-electron chi connectivity index (χ1n) is 5.25. The minimum atomic E-state index is 0.714. The molecule has 0 fully saturated rings. The second-order valence-corrected chi connectivity index (χ2v) is 4.05. The van der Waals surface area contributed by atoms with Gasteiger partial charge in [-0.15, -0.1) is 0 Å². The van der Waals surface area contributed by atoms with E-state index in [1.165, 1.54) is 0 Å². The van der Waals surface area contributed by atoms with Crippen LogP contribution in [0.5, 0.6) is 0 Å². The van der Waals surface area contributed by atoms with Crippen molar-refractivity contribution in [2.75, 3.05) is 5.32 Å². The molecule has 0 aliphatic heterocycles. The highest BCUT2D eigenvalue weighted by molar-refractivity contribution is 6.33. The lowest BCUT2D eigenvalue weighted by Crippen LogP contribution is -2.01. The van der Waals surface area contributed by atoms with Gasteiger partial charge in [-0.25, -0.2) is 4.98 Å². The lowest BCUT2D eigenvalue weighted by Gasteiger charge is -2.09. The Morgan fingerprint density at radius 1 is 1.44 bits per heavy atom. The molecule has 0 bridgehead atoms. The number of imidazole rings is 1. The van der Waals surface area contributed by atoms with E-state index in [4.69, 9.17) is 11.6 Å². The average Bonchev–Trinajstić information content (AvgIpc) is 2.69. The molecule has 0 amide bonds. The monoisotopic (exact) mass is 235 g/mol. The second kappa shape index (κ2) is 4.58. The molecular formula is C12H14ClN3. The molecule has 0 atom stereocenters. The van der Waals surface area contributed by atoms with E-state index < -0.39 is 0 Å². The zero-order chi connectivity index (χ0) is 11.5. The van der Waals surface area contributed by atoms with Crippen molar-refractivity contribution in [1.82, 2.24) is 9.55 Å². The van der Waals surface area contributed by atoms with Gasteiger partial charge in [0.2, 0.25) is 5.95 Å². The number of hydrogen-bond acceptors (Lipinski definition) is 2. The number of halogens is 1. The molecule has 84 valence electrons. The number of nitrogens with zero attached hydrogens (tertiary/aromatic N) is 2. The SMILES string of the molecule is CCn1ccnc1Nc1ccc(C)cc1Cl. The first-order chi connectivity index (χ1) is 7.70. The van der Waals surface area contributed by atoms with Crippen LogP contribution >= 0.6 is 11.6 Å². The molecule has 3 nitrogen and oxygen atoms in total. The maximum absolute atomic E-state index is 6.14. The molecule has 0 saturated heterocycles. The van der Waals surface area contributed by atoms with E-state index in [0.717, 1.165) is 23.7 Å². The minimum absolute atomic E-state index is 0.714. The van der Waals surface area contributed by atoms with E-state index in [1.54, 1.807) is 6.20 Å². The Balaban J connectivity index is 2.27. The van der Waals surface area contributed by atoms with Crippen molar-refractivity contribution in [3.8, 4) is 0 Å².